The van der Waals surface area contributed by atoms with Crippen molar-refractivity contribution in [3.05, 3.63) is 42.2 Å². The van der Waals surface area contributed by atoms with Crippen LogP contribution in [0.3, 0.4) is 0 Å². The van der Waals surface area contributed by atoms with Crippen LogP contribution in [0.25, 0.3) is 0 Å². The molecular weight excluding hydrogens is 287 g/mol. The van der Waals surface area contributed by atoms with Crippen LogP contribution in [0.4, 0.5) is 13.2 Å². The van der Waals surface area contributed by atoms with Crippen molar-refractivity contribution in [2.24, 2.45) is 0 Å². The number of aromatic nitrogens is 1. The topological polar surface area (TPSA) is 40.6 Å². The van der Waals surface area contributed by atoms with Crippen LogP contribution in [-0.2, 0) is 0 Å². The van der Waals surface area contributed by atoms with Crippen LogP contribution in [0.2, 0.25) is 0 Å². The van der Waals surface area contributed by atoms with Crippen LogP contribution in [0.5, 0.6) is 23.0 Å². The van der Waals surface area contributed by atoms with Crippen molar-refractivity contribution >= 4 is 0 Å². The van der Waals surface area contributed by atoms with E-state index in [0.29, 0.717) is 17.2 Å². The predicted molar refractivity (Wildman–Crippen MR) is 68.7 cm³/mol. The summed E-state index contributed by atoms with van der Waals surface area (Å²) in [4.78, 5) is 4.07. The predicted octanol–water partition coefficient (Wildman–Crippen LogP) is 4.09. The molecule has 0 unspecified atom stereocenters. The lowest BCUT2D eigenvalue weighted by Gasteiger charge is -2.12. The molecule has 1 aromatic heterocycles. The summed E-state index contributed by atoms with van der Waals surface area (Å²) in [5.74, 6) is 0.878. The first kappa shape index (κ1) is 15.0. The molecule has 7 heteroatoms. The van der Waals surface area contributed by atoms with E-state index in [1.807, 2.05) is 0 Å². The standard InChI is InChI=1S/C14H12F3NO3/c1-9-7-12(19-2)13(8-18-9)20-10-3-5-11(6-4-10)21-14(15,16)17/h3-8H,1-2H3. The van der Waals surface area contributed by atoms with E-state index >= 15 is 0 Å². The summed E-state index contributed by atoms with van der Waals surface area (Å²) < 4.78 is 50.6. The highest BCUT2D eigenvalue weighted by atomic mass is 19.4. The molecule has 0 bridgehead atoms. The second-order valence-electron chi connectivity index (χ2n) is 4.10. The molecule has 0 N–H and O–H groups in total. The summed E-state index contributed by atoms with van der Waals surface area (Å²) in [6, 6.07) is 6.74. The fourth-order valence-electron chi connectivity index (χ4n) is 1.59. The Morgan fingerprint density at radius 2 is 1.62 bits per heavy atom. The second-order valence-corrected chi connectivity index (χ2v) is 4.10. The molecule has 0 radical (unpaired) electrons. The zero-order valence-electron chi connectivity index (χ0n) is 11.3. The Morgan fingerprint density at radius 3 is 2.19 bits per heavy atom. The van der Waals surface area contributed by atoms with Gasteiger partial charge in [-0.05, 0) is 31.2 Å². The van der Waals surface area contributed by atoms with Crippen molar-refractivity contribution in [3.63, 3.8) is 0 Å². The van der Waals surface area contributed by atoms with Crippen molar-refractivity contribution < 1.29 is 27.4 Å². The lowest BCUT2D eigenvalue weighted by Crippen LogP contribution is -2.16. The number of benzene rings is 1. The number of aryl methyl sites for hydroxylation is 1. The first-order chi connectivity index (χ1) is 9.87. The average molecular weight is 299 g/mol. The molecule has 4 nitrogen and oxygen atoms in total. The second kappa shape index (κ2) is 5.90. The minimum absolute atomic E-state index is 0.316. The number of halogens is 3. The molecule has 1 heterocycles. The van der Waals surface area contributed by atoms with Crippen molar-refractivity contribution in [2.45, 2.75) is 13.3 Å². The molecule has 2 aromatic rings. The van der Waals surface area contributed by atoms with E-state index in [4.69, 9.17) is 9.47 Å². The molecule has 112 valence electrons. The largest absolute Gasteiger partial charge is 0.573 e. The minimum Gasteiger partial charge on any atom is -0.493 e. The summed E-state index contributed by atoms with van der Waals surface area (Å²) in [7, 11) is 1.49. The smallest absolute Gasteiger partial charge is 0.493 e. The third-order valence-corrected chi connectivity index (χ3v) is 2.47. The van der Waals surface area contributed by atoms with Crippen LogP contribution in [-0.4, -0.2) is 18.5 Å². The highest BCUT2D eigenvalue weighted by Crippen LogP contribution is 2.32. The maximum atomic E-state index is 12.0. The highest BCUT2D eigenvalue weighted by Gasteiger charge is 2.30. The van der Waals surface area contributed by atoms with Gasteiger partial charge in [0.2, 0.25) is 0 Å². The van der Waals surface area contributed by atoms with Crippen LogP contribution in [0.15, 0.2) is 36.5 Å². The summed E-state index contributed by atoms with van der Waals surface area (Å²) >= 11 is 0. The van der Waals surface area contributed by atoms with Crippen LogP contribution in [0.1, 0.15) is 5.69 Å². The lowest BCUT2D eigenvalue weighted by atomic mass is 10.3. The Labute approximate surface area is 119 Å². The average Bonchev–Trinajstić information content (AvgIpc) is 2.41. The fraction of sp³-hybridized carbons (Fsp3) is 0.214. The van der Waals surface area contributed by atoms with Gasteiger partial charge in [0, 0.05) is 11.8 Å². The molecule has 0 atom stereocenters. The maximum Gasteiger partial charge on any atom is 0.573 e. The third kappa shape index (κ3) is 4.27. The Hall–Kier alpha value is -2.44. The SMILES string of the molecule is COc1cc(C)ncc1Oc1ccc(OC(F)(F)F)cc1. The molecule has 21 heavy (non-hydrogen) atoms. The van der Waals surface area contributed by atoms with E-state index < -0.39 is 6.36 Å². The monoisotopic (exact) mass is 299 g/mol. The van der Waals surface area contributed by atoms with Gasteiger partial charge in [-0.1, -0.05) is 0 Å². The molecule has 0 aliphatic heterocycles. The Kier molecular flexibility index (Phi) is 4.21. The van der Waals surface area contributed by atoms with Crippen molar-refractivity contribution in [2.75, 3.05) is 7.11 Å². The van der Waals surface area contributed by atoms with E-state index in [2.05, 4.69) is 9.72 Å². The van der Waals surface area contributed by atoms with Gasteiger partial charge in [0.1, 0.15) is 11.5 Å². The number of rotatable bonds is 4. The molecule has 0 saturated heterocycles. The summed E-state index contributed by atoms with van der Waals surface area (Å²) in [6.07, 6.45) is -3.24. The first-order valence-corrected chi connectivity index (χ1v) is 5.92. The molecular formula is C14H12F3NO3. The van der Waals surface area contributed by atoms with Gasteiger partial charge in [0.05, 0.1) is 13.3 Å². The van der Waals surface area contributed by atoms with Gasteiger partial charge < -0.3 is 14.2 Å². The lowest BCUT2D eigenvalue weighted by molar-refractivity contribution is -0.274. The number of hydrogen-bond donors (Lipinski definition) is 0. The summed E-state index contributed by atoms with van der Waals surface area (Å²) in [6.45, 7) is 1.80. The van der Waals surface area contributed by atoms with E-state index in [-0.39, 0.29) is 5.75 Å². The van der Waals surface area contributed by atoms with Gasteiger partial charge in [-0.3, -0.25) is 4.98 Å². The summed E-state index contributed by atoms with van der Waals surface area (Å²) in [5.41, 5.74) is 0.758. The fourth-order valence-corrected chi connectivity index (χ4v) is 1.59. The molecule has 0 fully saturated rings. The van der Waals surface area contributed by atoms with Gasteiger partial charge >= 0.3 is 6.36 Å². The number of hydrogen-bond acceptors (Lipinski definition) is 4. The summed E-state index contributed by atoms with van der Waals surface area (Å²) in [5, 5.41) is 0. The Bertz CT molecular complexity index is 612. The highest BCUT2D eigenvalue weighted by molar-refractivity contribution is 5.42. The van der Waals surface area contributed by atoms with E-state index in [1.54, 1.807) is 13.0 Å². The van der Waals surface area contributed by atoms with Gasteiger partial charge in [0.25, 0.3) is 0 Å². The van der Waals surface area contributed by atoms with Crippen molar-refractivity contribution in [3.8, 4) is 23.0 Å². The normalized spacial score (nSPS) is 11.1. The van der Waals surface area contributed by atoms with E-state index in [1.165, 1.54) is 25.4 Å². The van der Waals surface area contributed by atoms with Crippen LogP contribution in [0, 0.1) is 6.92 Å². The third-order valence-electron chi connectivity index (χ3n) is 2.47. The first-order valence-electron chi connectivity index (χ1n) is 5.92. The molecule has 1 aromatic carbocycles. The molecule has 0 amide bonds. The quantitative estimate of drug-likeness (QED) is 0.852. The molecule has 0 saturated carbocycles. The number of methoxy groups -OCH3 is 1. The zero-order chi connectivity index (χ0) is 15.5. The Balaban J connectivity index is 2.14. The van der Waals surface area contributed by atoms with Gasteiger partial charge in [-0.25, -0.2) is 0 Å². The molecule has 0 aliphatic rings. The van der Waals surface area contributed by atoms with Crippen LogP contribution >= 0.6 is 0 Å². The minimum atomic E-state index is -4.72. The number of nitrogens with zero attached hydrogens (tertiary/aromatic N) is 1. The van der Waals surface area contributed by atoms with E-state index in [0.717, 1.165) is 17.8 Å². The zero-order valence-corrected chi connectivity index (χ0v) is 11.3. The number of ether oxygens (including phenoxy) is 3. The molecule has 0 spiro atoms. The van der Waals surface area contributed by atoms with Gasteiger partial charge in [0.15, 0.2) is 11.5 Å². The molecule has 2 rings (SSSR count). The van der Waals surface area contributed by atoms with Crippen molar-refractivity contribution in [1.29, 1.82) is 0 Å². The van der Waals surface area contributed by atoms with Crippen molar-refractivity contribution in [1.82, 2.24) is 4.98 Å². The maximum absolute atomic E-state index is 12.0. The number of pyridine rings is 1. The molecule has 0 aliphatic carbocycles. The number of alkyl halides is 3. The van der Waals surface area contributed by atoms with E-state index in [9.17, 15) is 13.2 Å². The van der Waals surface area contributed by atoms with Gasteiger partial charge in [-0.2, -0.15) is 0 Å². The van der Waals surface area contributed by atoms with Crippen LogP contribution < -0.4 is 14.2 Å². The Morgan fingerprint density at radius 1 is 1.00 bits per heavy atom. The van der Waals surface area contributed by atoms with Gasteiger partial charge in [-0.15, -0.1) is 13.2 Å².